The number of alkyl halides is 3. The fourth-order valence-corrected chi connectivity index (χ4v) is 4.72. The number of nitrogens with one attached hydrogen (secondary N) is 3. The van der Waals surface area contributed by atoms with Crippen LogP contribution in [0.2, 0.25) is 5.02 Å². The van der Waals surface area contributed by atoms with Crippen molar-refractivity contribution in [3.8, 4) is 5.82 Å². The number of hydrogen-bond acceptors (Lipinski definition) is 6. The summed E-state index contributed by atoms with van der Waals surface area (Å²) >= 11 is 6.04. The predicted octanol–water partition coefficient (Wildman–Crippen LogP) is 7.26. The first kappa shape index (κ1) is 31.8. The van der Waals surface area contributed by atoms with Crippen LogP contribution >= 0.6 is 11.6 Å². The minimum atomic E-state index is -4.40. The number of halogens is 4. The average molecular weight is 614 g/mol. The van der Waals surface area contributed by atoms with Crippen molar-refractivity contribution in [3.05, 3.63) is 95.0 Å². The summed E-state index contributed by atoms with van der Waals surface area (Å²) < 4.78 is 39.8. The van der Waals surface area contributed by atoms with E-state index in [4.69, 9.17) is 11.6 Å². The van der Waals surface area contributed by atoms with Crippen molar-refractivity contribution in [1.82, 2.24) is 24.8 Å². The lowest BCUT2D eigenvalue weighted by Crippen LogP contribution is -2.29. The molecule has 12 heteroatoms. The molecule has 0 spiro atoms. The molecule has 1 saturated carbocycles. The number of rotatable bonds is 9. The predicted molar refractivity (Wildman–Crippen MR) is 162 cm³/mol. The maximum Gasteiger partial charge on any atom is 0.416 e. The van der Waals surface area contributed by atoms with Crippen LogP contribution in [0.25, 0.3) is 5.82 Å². The molecule has 8 nitrogen and oxygen atoms in total. The monoisotopic (exact) mass is 613 g/mol. The van der Waals surface area contributed by atoms with Gasteiger partial charge in [-0.2, -0.15) is 23.1 Å². The molecule has 0 unspecified atom stereocenters. The first-order valence-corrected chi connectivity index (χ1v) is 14.6. The fraction of sp³-hybridized carbons (Fsp3) is 0.355. The first-order chi connectivity index (χ1) is 20.7. The van der Waals surface area contributed by atoms with E-state index in [1.807, 2.05) is 18.2 Å². The van der Waals surface area contributed by atoms with Crippen molar-refractivity contribution in [2.75, 3.05) is 17.2 Å². The van der Waals surface area contributed by atoms with Gasteiger partial charge in [0.25, 0.3) is 0 Å². The second kappa shape index (κ2) is 15.4. The summed E-state index contributed by atoms with van der Waals surface area (Å²) in [6.07, 6.45) is 7.96. The summed E-state index contributed by atoms with van der Waals surface area (Å²) in [6, 6.07) is 13.7. The molecule has 3 N–H and O–H groups in total. The molecule has 1 aliphatic carbocycles. The van der Waals surface area contributed by atoms with Crippen LogP contribution in [-0.4, -0.2) is 32.0 Å². The number of anilines is 2. The van der Waals surface area contributed by atoms with Gasteiger partial charge in [-0.15, -0.1) is 0 Å². The molecule has 0 atom stereocenters. The molecule has 43 heavy (non-hydrogen) atoms. The summed E-state index contributed by atoms with van der Waals surface area (Å²) in [5, 5.41) is 9.38. The Kier molecular flexibility index (Phi) is 11.4. The topological polar surface area (TPSA) is 96.8 Å². The van der Waals surface area contributed by atoms with Gasteiger partial charge >= 0.3 is 6.18 Å². The van der Waals surface area contributed by atoms with Crippen LogP contribution in [-0.2, 0) is 24.1 Å². The van der Waals surface area contributed by atoms with E-state index in [1.165, 1.54) is 44.2 Å². The highest BCUT2D eigenvalue weighted by molar-refractivity contribution is 6.30. The van der Waals surface area contributed by atoms with Gasteiger partial charge in [-0.3, -0.25) is 9.36 Å². The zero-order valence-electron chi connectivity index (χ0n) is 23.9. The van der Waals surface area contributed by atoms with Gasteiger partial charge in [0.15, 0.2) is 0 Å². The Bertz CT molecular complexity index is 1440. The molecule has 5 rings (SSSR count). The van der Waals surface area contributed by atoms with Crippen molar-refractivity contribution in [2.45, 2.75) is 58.3 Å². The van der Waals surface area contributed by atoms with E-state index in [-0.39, 0.29) is 19.0 Å². The second-order valence-corrected chi connectivity index (χ2v) is 10.9. The van der Waals surface area contributed by atoms with Gasteiger partial charge in [-0.25, -0.2) is 4.98 Å². The number of carbonyl (C=O) groups is 1. The van der Waals surface area contributed by atoms with Crippen LogP contribution in [0, 0.1) is 5.92 Å². The van der Waals surface area contributed by atoms with Gasteiger partial charge in [0.2, 0.25) is 11.9 Å². The number of amides is 1. The van der Waals surface area contributed by atoms with Crippen LogP contribution in [0.15, 0.2) is 73.3 Å². The molecule has 4 aromatic rings. The number of benzene rings is 2. The van der Waals surface area contributed by atoms with E-state index in [0.29, 0.717) is 34.7 Å². The highest BCUT2D eigenvalue weighted by Crippen LogP contribution is 2.29. The van der Waals surface area contributed by atoms with Crippen molar-refractivity contribution in [1.29, 1.82) is 0 Å². The summed E-state index contributed by atoms with van der Waals surface area (Å²) in [5.74, 6) is 1.93. The molecule has 0 radical (unpaired) electrons. The Morgan fingerprint density at radius 2 is 1.74 bits per heavy atom. The lowest BCUT2D eigenvalue weighted by Gasteiger charge is -2.15. The summed E-state index contributed by atoms with van der Waals surface area (Å²) in [4.78, 5) is 25.2. The van der Waals surface area contributed by atoms with Gasteiger partial charge in [0, 0.05) is 36.6 Å². The molecule has 2 heterocycles. The van der Waals surface area contributed by atoms with E-state index < -0.39 is 11.7 Å². The molecule has 2 aromatic carbocycles. The highest BCUT2D eigenvalue weighted by atomic mass is 35.5. The Hall–Kier alpha value is -4.12. The summed E-state index contributed by atoms with van der Waals surface area (Å²) in [7, 11) is 0. The lowest BCUT2D eigenvalue weighted by molar-refractivity contribution is -0.137. The number of aromatic nitrogens is 4. The third-order valence-electron chi connectivity index (χ3n) is 6.92. The zero-order valence-corrected chi connectivity index (χ0v) is 24.6. The quantitative estimate of drug-likeness (QED) is 0.184. The van der Waals surface area contributed by atoms with Gasteiger partial charge in [-0.1, -0.05) is 74.9 Å². The molecule has 1 fully saturated rings. The Labute approximate surface area is 254 Å². The largest absolute Gasteiger partial charge is 0.416 e. The lowest BCUT2D eigenvalue weighted by atomic mass is 9.91. The fourth-order valence-electron chi connectivity index (χ4n) is 4.51. The third-order valence-corrected chi connectivity index (χ3v) is 7.15. The van der Waals surface area contributed by atoms with Crippen molar-refractivity contribution in [3.63, 3.8) is 0 Å². The number of nitrogens with zero attached hydrogens (tertiary/aromatic N) is 4. The summed E-state index contributed by atoms with van der Waals surface area (Å²) in [5.41, 5.74) is 0.751. The minimum Gasteiger partial charge on any atom is -0.361 e. The molecule has 0 bridgehead atoms. The highest BCUT2D eigenvalue weighted by Gasteiger charge is 2.29. The molecule has 2 aromatic heterocycles. The molecule has 1 amide bonds. The molecule has 1 aliphatic rings. The van der Waals surface area contributed by atoms with Gasteiger partial charge in [-0.05, 0) is 41.3 Å². The van der Waals surface area contributed by atoms with Crippen molar-refractivity contribution < 1.29 is 18.0 Å². The van der Waals surface area contributed by atoms with Crippen LogP contribution in [0.3, 0.4) is 0 Å². The van der Waals surface area contributed by atoms with E-state index in [1.54, 1.807) is 35.4 Å². The molecular formula is C31H35ClF3N7O. The van der Waals surface area contributed by atoms with E-state index in [2.05, 4.69) is 37.8 Å². The maximum absolute atomic E-state index is 12.7. The molecular weight excluding hydrogens is 579 g/mol. The summed E-state index contributed by atoms with van der Waals surface area (Å²) in [6.45, 7) is 2.78. The normalized spacial score (nSPS) is 13.5. The SMILES string of the molecule is CC1CCCCC1.O=C(CNc1cc(-n2ccnc2)nc(NCc2cccc(Cl)c2)n1)NCc1ccc(C(F)(F)F)cc1. The van der Waals surface area contributed by atoms with E-state index in [9.17, 15) is 18.0 Å². The zero-order chi connectivity index (χ0) is 30.7. The number of imidazole rings is 1. The van der Waals surface area contributed by atoms with Gasteiger partial charge < -0.3 is 16.0 Å². The van der Waals surface area contributed by atoms with E-state index >= 15 is 0 Å². The Morgan fingerprint density at radius 3 is 2.37 bits per heavy atom. The van der Waals surface area contributed by atoms with E-state index in [0.717, 1.165) is 23.6 Å². The third kappa shape index (κ3) is 10.6. The first-order valence-electron chi connectivity index (χ1n) is 14.2. The average Bonchev–Trinajstić information content (AvgIpc) is 3.54. The number of hydrogen-bond donors (Lipinski definition) is 3. The maximum atomic E-state index is 12.7. The van der Waals surface area contributed by atoms with Crippen LogP contribution in [0.1, 0.15) is 55.7 Å². The van der Waals surface area contributed by atoms with Crippen LogP contribution in [0.4, 0.5) is 24.9 Å². The minimum absolute atomic E-state index is 0.0924. The molecule has 228 valence electrons. The Morgan fingerprint density at radius 1 is 0.977 bits per heavy atom. The van der Waals surface area contributed by atoms with Crippen LogP contribution < -0.4 is 16.0 Å². The van der Waals surface area contributed by atoms with Gasteiger partial charge in [0.05, 0.1) is 12.1 Å². The van der Waals surface area contributed by atoms with Crippen molar-refractivity contribution in [2.24, 2.45) is 5.92 Å². The molecule has 0 saturated heterocycles. The number of carbonyl (C=O) groups excluding carboxylic acids is 1. The Balaban J connectivity index is 0.000000530. The van der Waals surface area contributed by atoms with Crippen molar-refractivity contribution >= 4 is 29.3 Å². The second-order valence-electron chi connectivity index (χ2n) is 10.5. The molecule has 0 aliphatic heterocycles. The van der Waals surface area contributed by atoms with Gasteiger partial charge in [0.1, 0.15) is 18.0 Å². The van der Waals surface area contributed by atoms with Crippen LogP contribution in [0.5, 0.6) is 0 Å². The smallest absolute Gasteiger partial charge is 0.361 e. The standard InChI is InChI=1S/C24H21ClF3N7O.C7H14/c25-19-3-1-2-17(10-19)13-32-23-33-20(11-21(34-23)35-9-8-29-15-35)30-14-22(36)31-12-16-4-6-18(7-5-16)24(26,27)28;1-7-5-3-2-4-6-7/h1-11,15H,12-14H2,(H,31,36)(H2,30,32,33,34);7H,2-6H2,1H3.